The second-order valence-corrected chi connectivity index (χ2v) is 6.50. The lowest BCUT2D eigenvalue weighted by atomic mass is 10.2. The fraction of sp³-hybridized carbons (Fsp3) is 0.588. The first kappa shape index (κ1) is 15.4. The van der Waals surface area contributed by atoms with Crippen LogP contribution >= 0.6 is 0 Å². The molecule has 0 N–H and O–H groups in total. The molecule has 0 unspecified atom stereocenters. The molecule has 1 saturated carbocycles. The van der Waals surface area contributed by atoms with Gasteiger partial charge in [0.2, 0.25) is 0 Å². The summed E-state index contributed by atoms with van der Waals surface area (Å²) in [7, 11) is 0. The first-order valence-electron chi connectivity index (χ1n) is 8.71. The van der Waals surface area contributed by atoms with E-state index in [-0.39, 0.29) is 6.10 Å². The van der Waals surface area contributed by atoms with Gasteiger partial charge in [0.05, 0.1) is 12.6 Å². The molecule has 2 aliphatic rings. The maximum absolute atomic E-state index is 6.09. The van der Waals surface area contributed by atoms with Gasteiger partial charge in [0.1, 0.15) is 12.7 Å². The van der Waals surface area contributed by atoms with Crippen LogP contribution in [0.1, 0.15) is 38.1 Å². The van der Waals surface area contributed by atoms with Crippen molar-refractivity contribution in [2.24, 2.45) is 0 Å². The predicted molar refractivity (Wildman–Crippen MR) is 88.0 cm³/mol. The van der Waals surface area contributed by atoms with E-state index in [2.05, 4.69) is 27.3 Å². The fourth-order valence-electron chi connectivity index (χ4n) is 3.11. The van der Waals surface area contributed by atoms with E-state index in [1.54, 1.807) is 0 Å². The first-order chi connectivity index (χ1) is 11.8. The number of hydrogen-bond acceptors (Lipinski definition) is 6. The van der Waals surface area contributed by atoms with Crippen molar-refractivity contribution in [3.8, 4) is 11.5 Å². The highest BCUT2D eigenvalue weighted by atomic mass is 16.6. The second-order valence-electron chi connectivity index (χ2n) is 6.50. The lowest BCUT2D eigenvalue weighted by Gasteiger charge is -2.31. The van der Waals surface area contributed by atoms with Crippen molar-refractivity contribution in [2.75, 3.05) is 19.7 Å². The molecule has 1 aromatic carbocycles. The number of benzene rings is 1. The lowest BCUT2D eigenvalue weighted by molar-refractivity contribution is 0.0553. The normalized spacial score (nSPS) is 19.7. The van der Waals surface area contributed by atoms with Crippen molar-refractivity contribution in [2.45, 2.75) is 44.9 Å². The molecule has 24 heavy (non-hydrogen) atoms. The number of para-hydroxylation sites is 2. The Labute approximate surface area is 141 Å². The molecule has 0 bridgehead atoms. The third-order valence-electron chi connectivity index (χ3n) is 4.39. The molecule has 128 valence electrons. The first-order valence-corrected chi connectivity index (χ1v) is 8.71. The van der Waals surface area contributed by atoms with Crippen LogP contribution in [0.5, 0.6) is 11.5 Å². The van der Waals surface area contributed by atoms with Gasteiger partial charge in [-0.3, -0.25) is 4.90 Å². The molecule has 0 spiro atoms. The van der Waals surface area contributed by atoms with Crippen LogP contribution in [0, 0.1) is 0 Å². The van der Waals surface area contributed by atoms with Gasteiger partial charge < -0.3 is 9.47 Å². The Hall–Kier alpha value is -2.15. The Morgan fingerprint density at radius 2 is 2.08 bits per heavy atom. The third-order valence-corrected chi connectivity index (χ3v) is 4.39. The molecule has 1 atom stereocenters. The van der Waals surface area contributed by atoms with Crippen LogP contribution < -0.4 is 9.47 Å². The van der Waals surface area contributed by atoms with E-state index in [0.717, 1.165) is 43.4 Å². The minimum atomic E-state index is 0.0247. The van der Waals surface area contributed by atoms with Gasteiger partial charge in [-0.05, 0) is 48.4 Å². The van der Waals surface area contributed by atoms with Crippen LogP contribution in [0.3, 0.4) is 0 Å². The van der Waals surface area contributed by atoms with Crippen LogP contribution in [0.15, 0.2) is 24.3 Å². The Balaban J connectivity index is 1.41. The number of hydrogen-bond donors (Lipinski definition) is 0. The average Bonchev–Trinajstić information content (AvgIpc) is 3.34. The maximum atomic E-state index is 6.09. The predicted octanol–water partition coefficient (Wildman–Crippen LogP) is 2.06. The summed E-state index contributed by atoms with van der Waals surface area (Å²) in [5.74, 6) is 2.60. The van der Waals surface area contributed by atoms with Crippen LogP contribution in [-0.2, 0) is 6.54 Å². The van der Waals surface area contributed by atoms with E-state index >= 15 is 0 Å². The van der Waals surface area contributed by atoms with Crippen LogP contribution in [0.2, 0.25) is 0 Å². The number of fused-ring (bicyclic) bond motifs is 1. The minimum absolute atomic E-state index is 0.0247. The summed E-state index contributed by atoms with van der Waals surface area (Å²) < 4.78 is 13.9. The Morgan fingerprint density at radius 3 is 2.88 bits per heavy atom. The number of aromatic nitrogens is 4. The van der Waals surface area contributed by atoms with Gasteiger partial charge >= 0.3 is 0 Å². The summed E-state index contributed by atoms with van der Waals surface area (Å²) in [5, 5.41) is 12.2. The molecule has 4 rings (SSSR count). The number of ether oxygens (including phenoxy) is 2. The van der Waals surface area contributed by atoms with E-state index in [9.17, 15) is 0 Å². The van der Waals surface area contributed by atoms with Gasteiger partial charge in [-0.15, -0.1) is 5.10 Å². The molecule has 1 fully saturated rings. The van der Waals surface area contributed by atoms with E-state index in [0.29, 0.717) is 12.6 Å². The second kappa shape index (κ2) is 6.76. The Morgan fingerprint density at radius 1 is 1.25 bits per heavy atom. The maximum Gasteiger partial charge on any atom is 0.165 e. The van der Waals surface area contributed by atoms with Crippen molar-refractivity contribution in [1.82, 2.24) is 25.1 Å². The number of tetrazole rings is 1. The SMILES string of the molecule is CCCN(Cc1nnnn1C1CC1)C[C@H]1COc2ccccc2O1. The standard InChI is InChI=1S/C17H23N5O2/c1-2-9-21(11-17-18-19-20-22(17)13-7-8-13)10-14-12-23-15-5-3-4-6-16(15)24-14/h3-6,13-14H,2,7-12H2,1H3/t14-/m0/s1. The van der Waals surface area contributed by atoms with Crippen molar-refractivity contribution in [3.63, 3.8) is 0 Å². The molecule has 1 aromatic heterocycles. The van der Waals surface area contributed by atoms with Crippen LogP contribution in [-0.4, -0.2) is 50.9 Å². The van der Waals surface area contributed by atoms with Crippen LogP contribution in [0.25, 0.3) is 0 Å². The zero-order chi connectivity index (χ0) is 16.4. The molecule has 0 amide bonds. The van der Waals surface area contributed by atoms with Crippen molar-refractivity contribution in [3.05, 3.63) is 30.1 Å². The molecular formula is C17H23N5O2. The molecule has 7 heteroatoms. The van der Waals surface area contributed by atoms with Gasteiger partial charge in [0.25, 0.3) is 0 Å². The van der Waals surface area contributed by atoms with Gasteiger partial charge in [-0.2, -0.15) is 0 Å². The highest BCUT2D eigenvalue weighted by Crippen LogP contribution is 2.34. The molecule has 0 saturated heterocycles. The van der Waals surface area contributed by atoms with E-state index in [4.69, 9.17) is 9.47 Å². The smallest absolute Gasteiger partial charge is 0.165 e. The average molecular weight is 329 g/mol. The summed E-state index contributed by atoms with van der Waals surface area (Å²) in [5.41, 5.74) is 0. The quantitative estimate of drug-likeness (QED) is 0.775. The zero-order valence-electron chi connectivity index (χ0n) is 14.0. The largest absolute Gasteiger partial charge is 0.486 e. The minimum Gasteiger partial charge on any atom is -0.486 e. The van der Waals surface area contributed by atoms with E-state index in [1.165, 1.54) is 12.8 Å². The molecule has 1 aliphatic heterocycles. The highest BCUT2D eigenvalue weighted by molar-refractivity contribution is 5.40. The van der Waals surface area contributed by atoms with Crippen molar-refractivity contribution >= 4 is 0 Å². The third kappa shape index (κ3) is 3.36. The molecular weight excluding hydrogens is 306 g/mol. The van der Waals surface area contributed by atoms with Crippen molar-refractivity contribution in [1.29, 1.82) is 0 Å². The lowest BCUT2D eigenvalue weighted by Crippen LogP contribution is -2.41. The van der Waals surface area contributed by atoms with Gasteiger partial charge in [0, 0.05) is 6.54 Å². The van der Waals surface area contributed by atoms with Crippen molar-refractivity contribution < 1.29 is 9.47 Å². The van der Waals surface area contributed by atoms with Gasteiger partial charge in [-0.1, -0.05) is 19.1 Å². The van der Waals surface area contributed by atoms with E-state index in [1.807, 2.05) is 28.9 Å². The van der Waals surface area contributed by atoms with Gasteiger partial charge in [-0.25, -0.2) is 4.68 Å². The summed E-state index contributed by atoms with van der Waals surface area (Å²) >= 11 is 0. The molecule has 7 nitrogen and oxygen atoms in total. The zero-order valence-corrected chi connectivity index (χ0v) is 14.0. The highest BCUT2D eigenvalue weighted by Gasteiger charge is 2.29. The summed E-state index contributed by atoms with van der Waals surface area (Å²) in [4.78, 5) is 2.35. The Bertz CT molecular complexity index is 685. The summed E-state index contributed by atoms with van der Waals surface area (Å²) in [6, 6.07) is 8.33. The Kier molecular flexibility index (Phi) is 4.34. The topological polar surface area (TPSA) is 65.3 Å². The summed E-state index contributed by atoms with van der Waals surface area (Å²) in [6.07, 6.45) is 3.47. The summed E-state index contributed by atoms with van der Waals surface area (Å²) in [6.45, 7) is 5.30. The molecule has 0 radical (unpaired) electrons. The number of rotatable bonds is 7. The number of nitrogens with zero attached hydrogens (tertiary/aromatic N) is 5. The molecule has 1 aliphatic carbocycles. The fourth-order valence-corrected chi connectivity index (χ4v) is 3.11. The van der Waals surface area contributed by atoms with E-state index < -0.39 is 0 Å². The monoisotopic (exact) mass is 329 g/mol. The van der Waals surface area contributed by atoms with Crippen LogP contribution in [0.4, 0.5) is 0 Å². The van der Waals surface area contributed by atoms with Gasteiger partial charge in [0.15, 0.2) is 17.3 Å². The molecule has 2 heterocycles. The molecule has 2 aromatic rings.